The number of carbonyl (C=O) groups excluding carboxylic acids is 1. The molecular formula is C20H24FN5O. The second kappa shape index (κ2) is 7.15. The van der Waals surface area contributed by atoms with Crippen LogP contribution in [0.2, 0.25) is 0 Å². The average molecular weight is 369 g/mol. The van der Waals surface area contributed by atoms with Gasteiger partial charge in [0.05, 0.1) is 17.9 Å². The zero-order valence-electron chi connectivity index (χ0n) is 15.4. The number of nitrogens with two attached hydrogens (primary N) is 1. The van der Waals surface area contributed by atoms with E-state index < -0.39 is 5.82 Å². The van der Waals surface area contributed by atoms with Gasteiger partial charge >= 0.3 is 6.03 Å². The topological polar surface area (TPSA) is 74.5 Å². The fourth-order valence-electron chi connectivity index (χ4n) is 4.06. The largest absolute Gasteiger partial charge is 0.384 e. The van der Waals surface area contributed by atoms with Crippen LogP contribution < -0.4 is 20.9 Å². The van der Waals surface area contributed by atoms with Gasteiger partial charge in [-0.05, 0) is 50.9 Å². The second-order valence-electron chi connectivity index (χ2n) is 7.22. The molecule has 1 saturated heterocycles. The van der Waals surface area contributed by atoms with Gasteiger partial charge in [-0.1, -0.05) is 12.1 Å². The number of benzene rings is 1. The maximum atomic E-state index is 14.6. The highest BCUT2D eigenvalue weighted by Gasteiger charge is 2.37. The minimum Gasteiger partial charge on any atom is -0.384 e. The van der Waals surface area contributed by atoms with Crippen molar-refractivity contribution in [3.8, 4) is 0 Å². The smallest absolute Gasteiger partial charge is 0.329 e. The maximum Gasteiger partial charge on any atom is 0.329 e. The van der Waals surface area contributed by atoms with Crippen LogP contribution in [0.5, 0.6) is 0 Å². The molecule has 0 radical (unpaired) electrons. The van der Waals surface area contributed by atoms with Crippen molar-refractivity contribution in [2.24, 2.45) is 0 Å². The molecule has 0 aliphatic carbocycles. The summed E-state index contributed by atoms with van der Waals surface area (Å²) in [5.74, 6) is -0.00786. The van der Waals surface area contributed by atoms with Crippen molar-refractivity contribution in [1.82, 2.24) is 10.3 Å². The Morgan fingerprint density at radius 1 is 1.30 bits per heavy atom. The van der Waals surface area contributed by atoms with Gasteiger partial charge in [-0.2, -0.15) is 0 Å². The first kappa shape index (κ1) is 17.7. The third kappa shape index (κ3) is 3.23. The molecule has 7 heteroatoms. The van der Waals surface area contributed by atoms with Crippen LogP contribution in [0, 0.1) is 12.7 Å². The molecule has 0 bridgehead atoms. The Kier molecular flexibility index (Phi) is 4.70. The molecule has 0 unspecified atom stereocenters. The standard InChI is InChI=1S/C20H24FN5O/c1-13-4-2-6-16(21)19(13)25-12-14-11-24-18(22)10-17(14)26(20(25)27)15-5-3-8-23-9-7-15/h2,4,6,10-11,15,23H,3,5,7-9,12H2,1H3,(H2,22,24)/t15-/m0/s1. The number of carbonyl (C=O) groups is 1. The van der Waals surface area contributed by atoms with Crippen LogP contribution in [-0.4, -0.2) is 30.1 Å². The summed E-state index contributed by atoms with van der Waals surface area (Å²) in [7, 11) is 0. The van der Waals surface area contributed by atoms with Crippen LogP contribution in [0.1, 0.15) is 30.4 Å². The number of anilines is 3. The molecule has 1 aromatic heterocycles. The lowest BCUT2D eigenvalue weighted by Crippen LogP contribution is -2.52. The fourth-order valence-corrected chi connectivity index (χ4v) is 4.06. The van der Waals surface area contributed by atoms with E-state index >= 15 is 0 Å². The number of nitrogen functional groups attached to an aromatic ring is 1. The number of urea groups is 1. The van der Waals surface area contributed by atoms with Crippen LogP contribution in [0.4, 0.5) is 26.4 Å². The van der Waals surface area contributed by atoms with Crippen LogP contribution in [0.3, 0.4) is 0 Å². The Morgan fingerprint density at radius 2 is 2.15 bits per heavy atom. The Bertz CT molecular complexity index is 843. The SMILES string of the molecule is Cc1cccc(F)c1N1Cc2cnc(N)cc2N([C@H]2CCCNCC2)C1=O. The number of hydrogen-bond acceptors (Lipinski definition) is 4. The van der Waals surface area contributed by atoms with Gasteiger partial charge in [-0.3, -0.25) is 9.80 Å². The third-order valence-corrected chi connectivity index (χ3v) is 5.38. The van der Waals surface area contributed by atoms with Gasteiger partial charge in [0.1, 0.15) is 11.6 Å². The van der Waals surface area contributed by atoms with Gasteiger partial charge in [0, 0.05) is 23.9 Å². The minimum atomic E-state index is -0.391. The van der Waals surface area contributed by atoms with Crippen molar-refractivity contribution >= 4 is 23.2 Å². The summed E-state index contributed by atoms with van der Waals surface area (Å²) in [4.78, 5) is 21.0. The molecule has 3 heterocycles. The van der Waals surface area contributed by atoms with Crippen molar-refractivity contribution in [2.45, 2.75) is 38.8 Å². The van der Waals surface area contributed by atoms with E-state index in [0.29, 0.717) is 11.5 Å². The number of nitrogens with one attached hydrogen (secondary N) is 1. The number of hydrogen-bond donors (Lipinski definition) is 2. The molecule has 1 atom stereocenters. The van der Waals surface area contributed by atoms with Gasteiger partial charge in [0.15, 0.2) is 0 Å². The molecule has 2 aliphatic rings. The number of pyridine rings is 1. The molecule has 2 aliphatic heterocycles. The molecular weight excluding hydrogens is 345 g/mol. The van der Waals surface area contributed by atoms with Crippen molar-refractivity contribution in [3.63, 3.8) is 0 Å². The highest BCUT2D eigenvalue weighted by Crippen LogP contribution is 2.37. The van der Waals surface area contributed by atoms with E-state index in [9.17, 15) is 9.18 Å². The predicted molar refractivity (Wildman–Crippen MR) is 104 cm³/mol. The first-order chi connectivity index (χ1) is 13.1. The summed E-state index contributed by atoms with van der Waals surface area (Å²) in [6.45, 7) is 3.90. The number of nitrogens with zero attached hydrogens (tertiary/aromatic N) is 3. The van der Waals surface area contributed by atoms with Crippen LogP contribution >= 0.6 is 0 Å². The highest BCUT2D eigenvalue weighted by molar-refractivity contribution is 6.07. The van der Waals surface area contributed by atoms with E-state index in [1.165, 1.54) is 11.0 Å². The second-order valence-corrected chi connectivity index (χ2v) is 7.22. The van der Waals surface area contributed by atoms with Crippen LogP contribution in [-0.2, 0) is 6.54 Å². The summed E-state index contributed by atoms with van der Waals surface area (Å²) in [6.07, 6.45) is 4.42. The minimum absolute atomic E-state index is 0.0444. The first-order valence-electron chi connectivity index (χ1n) is 9.37. The van der Waals surface area contributed by atoms with Crippen molar-refractivity contribution in [1.29, 1.82) is 0 Å². The lowest BCUT2D eigenvalue weighted by Gasteiger charge is -2.41. The van der Waals surface area contributed by atoms with Gasteiger partial charge in [0.2, 0.25) is 0 Å². The van der Waals surface area contributed by atoms with E-state index in [1.807, 2.05) is 13.0 Å². The van der Waals surface area contributed by atoms with Gasteiger partial charge in [-0.15, -0.1) is 0 Å². The lowest BCUT2D eigenvalue weighted by molar-refractivity contribution is 0.246. The van der Waals surface area contributed by atoms with Crippen molar-refractivity contribution in [2.75, 3.05) is 28.6 Å². The molecule has 2 aromatic rings. The molecule has 1 aromatic carbocycles. The molecule has 1 fully saturated rings. The number of halogens is 1. The average Bonchev–Trinajstić information content (AvgIpc) is 2.91. The monoisotopic (exact) mass is 369 g/mol. The number of aryl methyl sites for hydroxylation is 1. The number of rotatable bonds is 2. The zero-order valence-corrected chi connectivity index (χ0v) is 15.4. The van der Waals surface area contributed by atoms with Gasteiger partial charge in [0.25, 0.3) is 0 Å². The maximum absolute atomic E-state index is 14.6. The molecule has 0 spiro atoms. The quantitative estimate of drug-likeness (QED) is 0.853. The molecule has 4 rings (SSSR count). The Hall–Kier alpha value is -2.67. The Morgan fingerprint density at radius 3 is 2.96 bits per heavy atom. The third-order valence-electron chi connectivity index (χ3n) is 5.38. The number of amides is 2. The number of aromatic nitrogens is 1. The summed E-state index contributed by atoms with van der Waals surface area (Å²) >= 11 is 0. The van der Waals surface area contributed by atoms with E-state index in [2.05, 4.69) is 10.3 Å². The molecule has 2 amide bonds. The fraction of sp³-hybridized carbons (Fsp3) is 0.400. The summed E-state index contributed by atoms with van der Waals surface area (Å²) in [5.41, 5.74) is 8.65. The summed E-state index contributed by atoms with van der Waals surface area (Å²) < 4.78 is 14.6. The molecule has 0 saturated carbocycles. The highest BCUT2D eigenvalue weighted by atomic mass is 19.1. The Balaban J connectivity index is 1.81. The van der Waals surface area contributed by atoms with Gasteiger partial charge < -0.3 is 11.1 Å². The van der Waals surface area contributed by atoms with E-state index in [4.69, 9.17) is 5.73 Å². The van der Waals surface area contributed by atoms with Crippen LogP contribution in [0.15, 0.2) is 30.5 Å². The molecule has 6 nitrogen and oxygen atoms in total. The summed E-state index contributed by atoms with van der Waals surface area (Å²) in [6, 6.07) is 6.48. The van der Waals surface area contributed by atoms with Crippen molar-refractivity contribution in [3.05, 3.63) is 47.4 Å². The first-order valence-corrected chi connectivity index (χ1v) is 9.37. The van der Waals surface area contributed by atoms with Crippen LogP contribution in [0.25, 0.3) is 0 Å². The van der Waals surface area contributed by atoms with Crippen molar-refractivity contribution < 1.29 is 9.18 Å². The Labute approximate surface area is 158 Å². The predicted octanol–water partition coefficient (Wildman–Crippen LogP) is 3.20. The number of fused-ring (bicyclic) bond motifs is 1. The number of para-hydroxylation sites is 1. The zero-order chi connectivity index (χ0) is 19.0. The van der Waals surface area contributed by atoms with E-state index in [1.54, 1.807) is 23.2 Å². The summed E-state index contributed by atoms with van der Waals surface area (Å²) in [5, 5.41) is 3.38. The lowest BCUT2D eigenvalue weighted by atomic mass is 10.0. The molecule has 27 heavy (non-hydrogen) atoms. The normalized spacial score (nSPS) is 20.4. The molecule has 3 N–H and O–H groups in total. The van der Waals surface area contributed by atoms with E-state index in [-0.39, 0.29) is 18.6 Å². The molecule has 142 valence electrons. The van der Waals surface area contributed by atoms with E-state index in [0.717, 1.165) is 49.2 Å². The van der Waals surface area contributed by atoms with Gasteiger partial charge in [-0.25, -0.2) is 14.2 Å².